The van der Waals surface area contributed by atoms with Crippen LogP contribution in [0.25, 0.3) is 12.2 Å². The van der Waals surface area contributed by atoms with Gasteiger partial charge in [0.05, 0.1) is 0 Å². The zero-order valence-corrected chi connectivity index (χ0v) is 33.2. The Bertz CT molecular complexity index is 1970. The van der Waals surface area contributed by atoms with Crippen molar-refractivity contribution in [3.63, 3.8) is 0 Å². The molecule has 2 aliphatic rings. The lowest BCUT2D eigenvalue weighted by Crippen LogP contribution is -2.21. The van der Waals surface area contributed by atoms with Crippen LogP contribution in [0.2, 0.25) is 0 Å². The molecule has 0 amide bonds. The number of benzene rings is 6. The first kappa shape index (κ1) is 33.7. The minimum absolute atomic E-state index is 0.402. The monoisotopic (exact) mass is 810 g/mol. The summed E-state index contributed by atoms with van der Waals surface area (Å²) < 4.78 is 2.41. The number of allylic oxidation sites excluding steroid dienone is 2. The summed E-state index contributed by atoms with van der Waals surface area (Å²) in [5.41, 5.74) is 8.58. The molecule has 8 rings (SSSR count). The van der Waals surface area contributed by atoms with Gasteiger partial charge in [0.15, 0.2) is 0 Å². The lowest BCUT2D eigenvalue weighted by Gasteiger charge is -2.24. The van der Waals surface area contributed by atoms with Gasteiger partial charge in [-0.2, -0.15) is 0 Å². The third-order valence-electron chi connectivity index (χ3n) is 10.2. The molecule has 0 N–H and O–H groups in total. The van der Waals surface area contributed by atoms with Gasteiger partial charge in [0, 0.05) is 20.8 Å². The molecular weight excluding hydrogens is 774 g/mol. The zero-order valence-electron chi connectivity index (χ0n) is 28.2. The van der Waals surface area contributed by atoms with Crippen molar-refractivity contribution in [2.24, 2.45) is 0 Å². The third-order valence-corrected chi connectivity index (χ3v) is 16.3. The number of halogens is 2. The summed E-state index contributed by atoms with van der Waals surface area (Å²) in [6.07, 6.45) is 7.08. The summed E-state index contributed by atoms with van der Waals surface area (Å²) in [6, 6.07) is 54.0. The van der Waals surface area contributed by atoms with Crippen molar-refractivity contribution >= 4 is 91.7 Å². The minimum Gasteiger partial charge on any atom is -0.0652 e. The predicted molar refractivity (Wildman–Crippen MR) is 228 cm³/mol. The molecule has 0 bridgehead atoms. The van der Waals surface area contributed by atoms with Crippen LogP contribution in [-0.4, -0.2) is 0 Å². The van der Waals surface area contributed by atoms with Crippen LogP contribution in [0, 0.1) is 0 Å². The van der Waals surface area contributed by atoms with E-state index in [1.165, 1.54) is 74.2 Å². The van der Waals surface area contributed by atoms with Gasteiger partial charge in [0.2, 0.25) is 0 Å². The van der Waals surface area contributed by atoms with Gasteiger partial charge < -0.3 is 0 Å². The maximum absolute atomic E-state index is 4.04. The van der Waals surface area contributed by atoms with Crippen molar-refractivity contribution in [3.05, 3.63) is 188 Å². The van der Waals surface area contributed by atoms with Gasteiger partial charge >= 0.3 is 0 Å². The minimum atomic E-state index is -0.680. The quantitative estimate of drug-likeness (QED) is 0.128. The van der Waals surface area contributed by atoms with Crippen LogP contribution in [0.15, 0.2) is 166 Å². The van der Waals surface area contributed by atoms with Crippen LogP contribution in [0.5, 0.6) is 0 Å². The lowest BCUT2D eigenvalue weighted by atomic mass is 9.85. The van der Waals surface area contributed by atoms with E-state index in [-0.39, 0.29) is 0 Å². The normalized spacial score (nSPS) is 16.4. The van der Waals surface area contributed by atoms with Crippen molar-refractivity contribution in [1.82, 2.24) is 0 Å². The summed E-state index contributed by atoms with van der Waals surface area (Å²) in [5.74, 6) is 0.803. The maximum Gasteiger partial charge on any atom is 0.0257 e. The van der Waals surface area contributed by atoms with Gasteiger partial charge in [-0.3, -0.25) is 0 Å². The topological polar surface area (TPSA) is 0 Å². The van der Waals surface area contributed by atoms with Gasteiger partial charge in [-0.1, -0.05) is 176 Å². The summed E-state index contributed by atoms with van der Waals surface area (Å²) in [4.78, 5) is 0. The van der Waals surface area contributed by atoms with Crippen LogP contribution < -0.4 is 31.8 Å². The highest BCUT2D eigenvalue weighted by molar-refractivity contribution is 9.10. The van der Waals surface area contributed by atoms with E-state index in [0.717, 1.165) is 12.8 Å². The SMILES string of the molecule is CC1=Cc2c(Br)cc(P(c3ccccc3)c3ccccc3)cc2C1CCC1C(C)=Cc2c(Br)cc(P(c3ccccc3)c3ccccc3)cc21. The van der Waals surface area contributed by atoms with E-state index < -0.39 is 15.8 Å². The van der Waals surface area contributed by atoms with Gasteiger partial charge in [0.1, 0.15) is 0 Å². The fourth-order valence-corrected chi connectivity index (χ4v) is 14.1. The molecule has 0 spiro atoms. The van der Waals surface area contributed by atoms with E-state index in [1.807, 2.05) is 0 Å². The molecule has 4 heteroatoms. The van der Waals surface area contributed by atoms with Crippen LogP contribution in [0.1, 0.15) is 60.8 Å². The number of hydrogen-bond acceptors (Lipinski definition) is 0. The van der Waals surface area contributed by atoms with Gasteiger partial charge in [-0.25, -0.2) is 0 Å². The van der Waals surface area contributed by atoms with E-state index in [9.17, 15) is 0 Å². The fraction of sp³-hybridized carbons (Fsp3) is 0.130. The first-order valence-corrected chi connectivity index (χ1v) is 21.6. The Hall–Kier alpha value is -3.38. The van der Waals surface area contributed by atoms with E-state index in [4.69, 9.17) is 0 Å². The molecule has 6 aromatic carbocycles. The first-order chi connectivity index (χ1) is 24.5. The molecule has 50 heavy (non-hydrogen) atoms. The Kier molecular flexibility index (Phi) is 9.92. The molecule has 2 atom stereocenters. The molecule has 0 saturated heterocycles. The third kappa shape index (κ3) is 6.58. The molecule has 0 fully saturated rings. The molecule has 2 unspecified atom stereocenters. The second-order valence-corrected chi connectivity index (χ2v) is 19.5. The van der Waals surface area contributed by atoms with Crippen LogP contribution in [-0.2, 0) is 0 Å². The second-order valence-electron chi connectivity index (χ2n) is 13.3. The molecule has 0 nitrogen and oxygen atoms in total. The Labute approximate surface area is 316 Å². The highest BCUT2D eigenvalue weighted by Gasteiger charge is 2.31. The zero-order chi connectivity index (χ0) is 34.2. The van der Waals surface area contributed by atoms with Crippen molar-refractivity contribution < 1.29 is 0 Å². The first-order valence-electron chi connectivity index (χ1n) is 17.3. The largest absolute Gasteiger partial charge is 0.0652 e. The van der Waals surface area contributed by atoms with E-state index in [2.05, 4.69) is 203 Å². The summed E-state index contributed by atoms with van der Waals surface area (Å²) in [5, 5.41) is 8.35. The second kappa shape index (κ2) is 14.7. The molecule has 0 aliphatic heterocycles. The number of rotatable bonds is 9. The van der Waals surface area contributed by atoms with Crippen LogP contribution >= 0.6 is 47.7 Å². The van der Waals surface area contributed by atoms with Crippen molar-refractivity contribution in [2.75, 3.05) is 0 Å². The van der Waals surface area contributed by atoms with Gasteiger partial charge in [-0.05, 0) is 121 Å². The number of fused-ring (bicyclic) bond motifs is 2. The Morgan fingerprint density at radius 3 is 1.02 bits per heavy atom. The van der Waals surface area contributed by atoms with E-state index in [0.29, 0.717) is 11.8 Å². The molecular formula is C46H38Br2P2. The standard InChI is InChI=1S/C46H38Br2P2/c1-31-25-43-41(27-37(29-45(43)47)49(33-15-7-3-8-16-33)34-17-9-4-10-18-34)39(31)23-24-40-32(2)26-44-42(40)28-38(30-46(44)48)50(35-19-11-5-12-20-35)36-21-13-6-14-22-36/h3-22,25-30,39-40H,23-24H2,1-2H3. The molecule has 0 aromatic heterocycles. The van der Waals surface area contributed by atoms with Crippen molar-refractivity contribution in [1.29, 1.82) is 0 Å². The van der Waals surface area contributed by atoms with E-state index >= 15 is 0 Å². The van der Waals surface area contributed by atoms with Crippen LogP contribution in [0.4, 0.5) is 0 Å². The Morgan fingerprint density at radius 1 is 0.420 bits per heavy atom. The maximum atomic E-state index is 4.04. The molecule has 0 saturated carbocycles. The van der Waals surface area contributed by atoms with Crippen molar-refractivity contribution in [2.45, 2.75) is 38.5 Å². The molecule has 2 aliphatic carbocycles. The smallest absolute Gasteiger partial charge is 0.0257 e. The number of hydrogen-bond donors (Lipinski definition) is 0. The lowest BCUT2D eigenvalue weighted by molar-refractivity contribution is 0.611. The molecule has 246 valence electrons. The molecule has 0 radical (unpaired) electrons. The fourth-order valence-electron chi connectivity index (χ4n) is 7.84. The Balaban J connectivity index is 1.13. The van der Waals surface area contributed by atoms with Gasteiger partial charge in [0.25, 0.3) is 0 Å². The summed E-state index contributed by atoms with van der Waals surface area (Å²) in [6.45, 7) is 4.67. The summed E-state index contributed by atoms with van der Waals surface area (Å²) in [7, 11) is -1.36. The average molecular weight is 813 g/mol. The van der Waals surface area contributed by atoms with Gasteiger partial charge in [-0.15, -0.1) is 0 Å². The predicted octanol–water partition coefficient (Wildman–Crippen LogP) is 11.2. The Morgan fingerprint density at radius 2 is 0.720 bits per heavy atom. The van der Waals surface area contributed by atoms with Crippen LogP contribution in [0.3, 0.4) is 0 Å². The average Bonchev–Trinajstić information content (AvgIpc) is 3.64. The van der Waals surface area contributed by atoms with E-state index in [1.54, 1.807) is 0 Å². The molecule has 0 heterocycles. The van der Waals surface area contributed by atoms with Crippen molar-refractivity contribution in [3.8, 4) is 0 Å². The highest BCUT2D eigenvalue weighted by Crippen LogP contribution is 2.49. The highest BCUT2D eigenvalue weighted by atomic mass is 79.9. The molecule has 6 aromatic rings. The summed E-state index contributed by atoms with van der Waals surface area (Å²) >= 11 is 8.07.